The van der Waals surface area contributed by atoms with Crippen LogP contribution in [-0.4, -0.2) is 53.8 Å². The third kappa shape index (κ3) is 4.82. The van der Waals surface area contributed by atoms with Crippen LogP contribution in [0.5, 0.6) is 0 Å². The fraction of sp³-hybridized carbons (Fsp3) is 0.321. The average Bonchev–Trinajstić information content (AvgIpc) is 3.28. The standard InChI is InChI=1S/C28H31N3O2/c1-21(23-9-5-4-6-10-23)26(32)31-17-14-28(20-31,27(33)30(2)3)19-22-8-7-11-25(18-22)24-12-15-29-16-13-24/h4-13,15-16,18,21H,14,17,19-20H2,1-3H3/t21-,28+/m0/s1. The van der Waals surface area contributed by atoms with Gasteiger partial charge in [-0.15, -0.1) is 0 Å². The summed E-state index contributed by atoms with van der Waals surface area (Å²) < 4.78 is 0. The minimum atomic E-state index is -0.619. The molecule has 0 bridgehead atoms. The molecule has 170 valence electrons. The second kappa shape index (κ2) is 9.57. The first-order valence-corrected chi connectivity index (χ1v) is 11.4. The van der Waals surface area contributed by atoms with Gasteiger partial charge in [-0.1, -0.05) is 54.6 Å². The minimum absolute atomic E-state index is 0.0829. The van der Waals surface area contributed by atoms with E-state index in [1.807, 2.05) is 60.4 Å². The van der Waals surface area contributed by atoms with Crippen molar-refractivity contribution in [3.8, 4) is 11.1 Å². The van der Waals surface area contributed by atoms with Crippen molar-refractivity contribution in [1.29, 1.82) is 0 Å². The summed E-state index contributed by atoms with van der Waals surface area (Å²) in [6.07, 6.45) is 4.84. The van der Waals surface area contributed by atoms with Crippen molar-refractivity contribution >= 4 is 11.8 Å². The van der Waals surface area contributed by atoms with Crippen LogP contribution in [-0.2, 0) is 16.0 Å². The van der Waals surface area contributed by atoms with Gasteiger partial charge >= 0.3 is 0 Å². The van der Waals surface area contributed by atoms with Crippen LogP contribution in [0.3, 0.4) is 0 Å². The Bertz CT molecular complexity index is 1110. The Morgan fingerprint density at radius 1 is 1.00 bits per heavy atom. The van der Waals surface area contributed by atoms with Gasteiger partial charge < -0.3 is 9.80 Å². The van der Waals surface area contributed by atoms with Gasteiger partial charge in [0, 0.05) is 39.6 Å². The molecular formula is C28H31N3O2. The predicted octanol–water partition coefficient (Wildman–Crippen LogP) is 4.40. The Balaban J connectivity index is 1.58. The molecule has 2 heterocycles. The highest BCUT2D eigenvalue weighted by Crippen LogP contribution is 2.38. The van der Waals surface area contributed by atoms with Crippen molar-refractivity contribution in [3.05, 3.63) is 90.3 Å². The lowest BCUT2D eigenvalue weighted by Crippen LogP contribution is -2.45. The molecule has 1 aromatic heterocycles. The second-order valence-corrected chi connectivity index (χ2v) is 9.24. The van der Waals surface area contributed by atoms with Crippen LogP contribution in [0.15, 0.2) is 79.1 Å². The Labute approximate surface area is 196 Å². The van der Waals surface area contributed by atoms with Crippen molar-refractivity contribution in [2.75, 3.05) is 27.2 Å². The smallest absolute Gasteiger partial charge is 0.230 e. The van der Waals surface area contributed by atoms with Gasteiger partial charge in [-0.3, -0.25) is 14.6 Å². The summed E-state index contributed by atoms with van der Waals surface area (Å²) in [6.45, 7) is 2.99. The highest BCUT2D eigenvalue weighted by Gasteiger charge is 2.47. The molecule has 0 radical (unpaired) electrons. The van der Waals surface area contributed by atoms with Gasteiger partial charge in [0.15, 0.2) is 0 Å². The van der Waals surface area contributed by atoms with Crippen LogP contribution in [0.25, 0.3) is 11.1 Å². The van der Waals surface area contributed by atoms with E-state index in [1.165, 1.54) is 0 Å². The van der Waals surface area contributed by atoms with Gasteiger partial charge in [0.05, 0.1) is 11.3 Å². The van der Waals surface area contributed by atoms with Crippen molar-refractivity contribution in [1.82, 2.24) is 14.8 Å². The molecule has 2 atom stereocenters. The maximum Gasteiger partial charge on any atom is 0.230 e. The van der Waals surface area contributed by atoms with Crippen LogP contribution in [0, 0.1) is 5.41 Å². The molecule has 5 heteroatoms. The molecule has 0 saturated carbocycles. The Morgan fingerprint density at radius 2 is 1.73 bits per heavy atom. The van der Waals surface area contributed by atoms with E-state index in [2.05, 4.69) is 23.2 Å². The van der Waals surface area contributed by atoms with Crippen LogP contribution < -0.4 is 0 Å². The normalized spacial score (nSPS) is 18.7. The number of hydrogen-bond acceptors (Lipinski definition) is 3. The monoisotopic (exact) mass is 441 g/mol. The summed E-state index contributed by atoms with van der Waals surface area (Å²) in [5.41, 5.74) is 3.69. The number of carbonyl (C=O) groups is 2. The van der Waals surface area contributed by atoms with E-state index in [9.17, 15) is 9.59 Å². The molecule has 0 aliphatic carbocycles. The van der Waals surface area contributed by atoms with Crippen LogP contribution in [0.4, 0.5) is 0 Å². The van der Waals surface area contributed by atoms with Crippen LogP contribution in [0.2, 0.25) is 0 Å². The van der Waals surface area contributed by atoms with Crippen molar-refractivity contribution < 1.29 is 9.59 Å². The summed E-state index contributed by atoms with van der Waals surface area (Å²) >= 11 is 0. The van der Waals surface area contributed by atoms with E-state index in [4.69, 9.17) is 0 Å². The summed E-state index contributed by atoms with van der Waals surface area (Å²) in [5, 5.41) is 0. The van der Waals surface area contributed by atoms with Gasteiger partial charge in [0.2, 0.25) is 11.8 Å². The highest BCUT2D eigenvalue weighted by molar-refractivity contribution is 5.87. The largest absolute Gasteiger partial charge is 0.348 e. The molecule has 4 rings (SSSR count). The zero-order chi connectivity index (χ0) is 23.4. The number of aromatic nitrogens is 1. The number of nitrogens with zero attached hydrogens (tertiary/aromatic N) is 3. The lowest BCUT2D eigenvalue weighted by Gasteiger charge is -2.31. The molecule has 0 unspecified atom stereocenters. The van der Waals surface area contributed by atoms with Gasteiger partial charge in [-0.05, 0) is 54.2 Å². The van der Waals surface area contributed by atoms with Gasteiger partial charge in [-0.25, -0.2) is 0 Å². The maximum atomic E-state index is 13.4. The first-order valence-electron chi connectivity index (χ1n) is 11.4. The first kappa shape index (κ1) is 22.7. The van der Waals surface area contributed by atoms with E-state index < -0.39 is 5.41 Å². The zero-order valence-electron chi connectivity index (χ0n) is 19.6. The SMILES string of the molecule is C[C@H](C(=O)N1CC[C@](Cc2cccc(-c3ccncc3)c2)(C(=O)N(C)C)C1)c1ccccc1. The molecule has 1 aliphatic heterocycles. The molecule has 2 aromatic carbocycles. The Kier molecular flexibility index (Phi) is 6.59. The molecule has 0 N–H and O–H groups in total. The van der Waals surface area contributed by atoms with Crippen LogP contribution in [0.1, 0.15) is 30.4 Å². The van der Waals surface area contributed by atoms with Crippen molar-refractivity contribution in [3.63, 3.8) is 0 Å². The number of benzene rings is 2. The molecule has 33 heavy (non-hydrogen) atoms. The molecular weight excluding hydrogens is 410 g/mol. The van der Waals surface area contributed by atoms with Gasteiger partial charge in [0.25, 0.3) is 0 Å². The molecule has 0 spiro atoms. The summed E-state index contributed by atoms with van der Waals surface area (Å²) in [5.74, 6) is -0.0638. The first-order chi connectivity index (χ1) is 15.9. The zero-order valence-corrected chi connectivity index (χ0v) is 19.6. The summed E-state index contributed by atoms with van der Waals surface area (Å²) in [4.78, 5) is 34.4. The average molecular weight is 442 g/mol. The van der Waals surface area contributed by atoms with E-state index in [-0.39, 0.29) is 17.7 Å². The lowest BCUT2D eigenvalue weighted by molar-refractivity contribution is -0.139. The van der Waals surface area contributed by atoms with E-state index in [1.54, 1.807) is 31.4 Å². The minimum Gasteiger partial charge on any atom is -0.348 e. The number of hydrogen-bond donors (Lipinski definition) is 0. The molecule has 3 aromatic rings. The molecule has 1 saturated heterocycles. The van der Waals surface area contributed by atoms with Crippen molar-refractivity contribution in [2.45, 2.75) is 25.7 Å². The second-order valence-electron chi connectivity index (χ2n) is 9.24. The number of rotatable bonds is 6. The highest BCUT2D eigenvalue weighted by atomic mass is 16.2. The Hall–Kier alpha value is -3.47. The third-order valence-electron chi connectivity index (χ3n) is 6.68. The molecule has 5 nitrogen and oxygen atoms in total. The number of likely N-dealkylation sites (tertiary alicyclic amines) is 1. The van der Waals surface area contributed by atoms with E-state index in [0.717, 1.165) is 22.3 Å². The third-order valence-corrected chi connectivity index (χ3v) is 6.68. The topological polar surface area (TPSA) is 53.5 Å². The fourth-order valence-electron chi connectivity index (χ4n) is 4.88. The number of amides is 2. The van der Waals surface area contributed by atoms with E-state index >= 15 is 0 Å². The summed E-state index contributed by atoms with van der Waals surface area (Å²) in [7, 11) is 3.60. The quantitative estimate of drug-likeness (QED) is 0.570. The summed E-state index contributed by atoms with van der Waals surface area (Å²) in [6, 6.07) is 22.2. The predicted molar refractivity (Wildman–Crippen MR) is 131 cm³/mol. The van der Waals surface area contributed by atoms with Crippen molar-refractivity contribution in [2.24, 2.45) is 5.41 Å². The lowest BCUT2D eigenvalue weighted by atomic mass is 9.79. The molecule has 1 fully saturated rings. The van der Waals surface area contributed by atoms with Gasteiger partial charge in [0.1, 0.15) is 0 Å². The maximum absolute atomic E-state index is 13.4. The fourth-order valence-corrected chi connectivity index (χ4v) is 4.88. The van der Waals surface area contributed by atoms with E-state index in [0.29, 0.717) is 25.9 Å². The molecule has 1 aliphatic rings. The van der Waals surface area contributed by atoms with Gasteiger partial charge in [-0.2, -0.15) is 0 Å². The van der Waals surface area contributed by atoms with Crippen LogP contribution >= 0.6 is 0 Å². The Morgan fingerprint density at radius 3 is 2.42 bits per heavy atom. The number of pyridine rings is 1. The number of carbonyl (C=O) groups excluding carboxylic acids is 2. The molecule has 2 amide bonds.